The zero-order chi connectivity index (χ0) is 6.85. The molecule has 0 aromatic rings. The van der Waals surface area contributed by atoms with Crippen LogP contribution in [-0.2, 0) is 22.5 Å². The van der Waals surface area contributed by atoms with Gasteiger partial charge in [-0.1, -0.05) is 20.6 Å². The molecule has 0 N–H and O–H groups in total. The van der Waals surface area contributed by atoms with Crippen molar-refractivity contribution in [1.29, 1.82) is 0 Å². The van der Waals surface area contributed by atoms with Crippen LogP contribution in [0.25, 0.3) is 0 Å². The molecule has 12 heteroatoms. The molecule has 0 aliphatic carbocycles. The number of alkyl halides is 1. The summed E-state index contributed by atoms with van der Waals surface area (Å²) in [5.74, 6) is -1.23. The van der Waals surface area contributed by atoms with Gasteiger partial charge in [0.2, 0.25) is 0 Å². The first-order valence-electron chi connectivity index (χ1n) is 1.79. The van der Waals surface area contributed by atoms with Gasteiger partial charge in [0.1, 0.15) is 0 Å². The Morgan fingerprint density at radius 3 is 1.46 bits per heavy atom. The van der Waals surface area contributed by atoms with Crippen LogP contribution in [0.4, 0.5) is 0 Å². The van der Waals surface area contributed by atoms with Crippen molar-refractivity contribution < 1.29 is 22.5 Å². The van der Waals surface area contributed by atoms with Gasteiger partial charge in [0.25, 0.3) is 0 Å². The molecule has 4 radical (unpaired) electrons. The molecule has 1 aliphatic rings. The van der Waals surface area contributed by atoms with Crippen molar-refractivity contribution in [3.05, 3.63) is 0 Å². The molecule has 0 saturated carbocycles. The predicted molar refractivity (Wildman–Crippen MR) is 51.1 cm³/mol. The zero-order valence-corrected chi connectivity index (χ0v) is 18.4. The van der Waals surface area contributed by atoms with Crippen LogP contribution < -0.4 is 0 Å². The second kappa shape index (κ2) is 14.4. The molecule has 54 valence electrons. The van der Waals surface area contributed by atoms with E-state index in [0.717, 1.165) is 0 Å². The molecule has 1 heterocycles. The van der Waals surface area contributed by atoms with E-state index in [1.807, 2.05) is 0 Å². The first-order chi connectivity index (χ1) is 4.18. The molecule has 0 aromatic heterocycles. The van der Waals surface area contributed by atoms with Crippen molar-refractivity contribution in [2.45, 2.75) is 5.75 Å². The van der Waals surface area contributed by atoms with Gasteiger partial charge in [0, 0.05) is 127 Å². The smallest absolute Gasteiger partial charge is 0.0617 e. The van der Waals surface area contributed by atoms with Gasteiger partial charge in [-0.3, -0.25) is 0 Å². The van der Waals surface area contributed by atoms with Crippen molar-refractivity contribution in [3.8, 4) is 0 Å². The number of hydrogen-bond acceptors (Lipinski definition) is 5. The van der Waals surface area contributed by atoms with E-state index in [0.29, 0.717) is 0 Å². The molecule has 13 heavy (non-hydrogen) atoms. The predicted octanol–water partition coefficient (Wildman–Crippen LogP) is 0.364. The maximum atomic E-state index is 10.2. The Morgan fingerprint density at radius 1 is 0.923 bits per heavy atom. The Labute approximate surface area is 171 Å². The minimum atomic E-state index is -2.36. The van der Waals surface area contributed by atoms with Crippen LogP contribution in [0.2, 0.25) is 0 Å². The van der Waals surface area contributed by atoms with Crippen molar-refractivity contribution in [1.82, 2.24) is 0 Å². The van der Waals surface area contributed by atoms with E-state index in [-0.39, 0.29) is 118 Å². The maximum absolute atomic E-state index is 10.2. The summed E-state index contributed by atoms with van der Waals surface area (Å²) in [5, 5.41) is 0. The molecule has 1 saturated heterocycles. The van der Waals surface area contributed by atoms with E-state index in [1.54, 1.807) is 0 Å². The SMILES string of the molecule is O=[P+]1OC(Cl)O[P+](=O)O1.[Na].[Na].[Na].[Na]. The third-order valence-corrected chi connectivity index (χ3v) is 2.69. The Morgan fingerprint density at radius 2 is 1.23 bits per heavy atom. The van der Waals surface area contributed by atoms with Gasteiger partial charge >= 0.3 is 22.3 Å². The standard InChI is InChI=1S/CHClO5P2.4Na/c2-1-5-8(3)7-9(4)6-1;;;;/h1H;;;;/q+2;;;;. The fourth-order valence-electron chi connectivity index (χ4n) is 0.248. The monoisotopic (exact) mass is 282 g/mol. The van der Waals surface area contributed by atoms with E-state index in [1.165, 1.54) is 0 Å². The molecule has 0 aromatic carbocycles. The van der Waals surface area contributed by atoms with Gasteiger partial charge in [-0.2, -0.15) is 0 Å². The van der Waals surface area contributed by atoms with Crippen LogP contribution in [0.15, 0.2) is 0 Å². The first-order valence-corrected chi connectivity index (χ1v) is 4.41. The summed E-state index contributed by atoms with van der Waals surface area (Å²) < 4.78 is 32.9. The Bertz CT molecular complexity index is 153. The van der Waals surface area contributed by atoms with Gasteiger partial charge in [0.05, 0.1) is 0 Å². The van der Waals surface area contributed by atoms with Gasteiger partial charge in [-0.15, -0.1) is 0 Å². The third kappa shape index (κ3) is 12.6. The Balaban J connectivity index is -0.000000101. The second-order valence-electron chi connectivity index (χ2n) is 1.01. The maximum Gasteiger partial charge on any atom is 0.752 e. The number of rotatable bonds is 0. The van der Waals surface area contributed by atoms with Gasteiger partial charge in [0.15, 0.2) is 4.31 Å². The summed E-state index contributed by atoms with van der Waals surface area (Å²) in [4.78, 5) is 0. The molecular formula is CHClNa4O5P2+2. The van der Waals surface area contributed by atoms with Crippen LogP contribution in [0, 0.1) is 0 Å². The van der Waals surface area contributed by atoms with E-state index in [2.05, 4.69) is 13.4 Å². The molecule has 0 amide bonds. The summed E-state index contributed by atoms with van der Waals surface area (Å²) in [6.45, 7) is 0. The van der Waals surface area contributed by atoms with Gasteiger partial charge < -0.3 is 0 Å². The van der Waals surface area contributed by atoms with E-state index >= 15 is 0 Å². The fourth-order valence-corrected chi connectivity index (χ4v) is 1.81. The average Bonchev–Trinajstić information content (AvgIpc) is 1.59. The van der Waals surface area contributed by atoms with Crippen molar-refractivity contribution in [2.75, 3.05) is 0 Å². The number of hydrogen-bond donors (Lipinski definition) is 0. The summed E-state index contributed by atoms with van der Waals surface area (Å²) in [7, 11) is -4.72. The van der Waals surface area contributed by atoms with Gasteiger partial charge in [-0.05, 0) is 0 Å². The minimum Gasteiger partial charge on any atom is -0.0617 e. The summed E-state index contributed by atoms with van der Waals surface area (Å²) in [5.41, 5.74) is 0. The van der Waals surface area contributed by atoms with E-state index < -0.39 is 22.3 Å². The molecule has 1 fully saturated rings. The van der Waals surface area contributed by atoms with Crippen molar-refractivity contribution in [3.63, 3.8) is 0 Å². The van der Waals surface area contributed by atoms with Crippen LogP contribution in [-0.4, -0.2) is 124 Å². The summed E-state index contributed by atoms with van der Waals surface area (Å²) in [6.07, 6.45) is 0. The van der Waals surface area contributed by atoms with E-state index in [9.17, 15) is 9.13 Å². The number of halogens is 1. The molecule has 0 spiro atoms. The molecule has 1 rings (SSSR count). The average molecular weight is 282 g/mol. The Kier molecular flexibility index (Phi) is 28.9. The topological polar surface area (TPSA) is 61.8 Å². The molecule has 2 atom stereocenters. The molecule has 1 aliphatic heterocycles. The molecule has 0 bridgehead atoms. The summed E-state index contributed by atoms with van der Waals surface area (Å²) >= 11 is 5.11. The van der Waals surface area contributed by atoms with Crippen LogP contribution in [0.1, 0.15) is 0 Å². The zero-order valence-electron chi connectivity index (χ0n) is 7.89. The van der Waals surface area contributed by atoms with Crippen LogP contribution in [0.5, 0.6) is 0 Å². The first kappa shape index (κ1) is 26.0. The molecular weight excluding hydrogens is 281 g/mol. The Hall–Kier alpha value is 4.37. The third-order valence-electron chi connectivity index (χ3n) is 0.471. The minimum absolute atomic E-state index is 0. The normalized spacial score (nSPS) is 25.5. The van der Waals surface area contributed by atoms with E-state index in [4.69, 9.17) is 11.6 Å². The quantitative estimate of drug-likeness (QED) is 0.365. The van der Waals surface area contributed by atoms with Crippen molar-refractivity contribution >= 4 is 146 Å². The second-order valence-corrected chi connectivity index (χ2v) is 3.34. The van der Waals surface area contributed by atoms with Crippen LogP contribution in [0.3, 0.4) is 0 Å². The largest absolute Gasteiger partial charge is 0.752 e. The van der Waals surface area contributed by atoms with Crippen molar-refractivity contribution in [2.24, 2.45) is 0 Å². The van der Waals surface area contributed by atoms with Crippen LogP contribution >= 0.6 is 28.1 Å². The molecule has 5 nitrogen and oxygen atoms in total. The summed E-state index contributed by atoms with van der Waals surface area (Å²) in [6, 6.07) is 0. The van der Waals surface area contributed by atoms with Gasteiger partial charge in [-0.25, -0.2) is 0 Å². The molecule has 2 unspecified atom stereocenters. The fraction of sp³-hybridized carbons (Fsp3) is 1.00.